The Balaban J connectivity index is 1.82. The summed E-state index contributed by atoms with van der Waals surface area (Å²) in [5.74, 6) is -1.32. The van der Waals surface area contributed by atoms with Crippen LogP contribution in [-0.4, -0.2) is 29.5 Å². The molecule has 1 aliphatic carbocycles. The number of hydrogen-bond acceptors (Lipinski definition) is 4. The first-order valence-electron chi connectivity index (χ1n) is 10.5. The summed E-state index contributed by atoms with van der Waals surface area (Å²) in [6, 6.07) is 11.6. The van der Waals surface area contributed by atoms with E-state index in [2.05, 4.69) is 11.4 Å². The van der Waals surface area contributed by atoms with Crippen LogP contribution in [0.5, 0.6) is 0 Å². The zero-order valence-corrected chi connectivity index (χ0v) is 18.8. The summed E-state index contributed by atoms with van der Waals surface area (Å²) >= 11 is 5.78. The van der Waals surface area contributed by atoms with Crippen LogP contribution in [0.15, 0.2) is 36.4 Å². The van der Waals surface area contributed by atoms with Crippen LogP contribution in [0.1, 0.15) is 53.6 Å². The molecule has 164 valence electrons. The fourth-order valence-electron chi connectivity index (χ4n) is 4.71. The SMILES string of the molecule is CNC(=O)c1ccc(N2C(=S)N(c3ccc(C#N)c(C)c3)C(=O)C23CCCCC3)cc1F. The molecule has 1 aliphatic heterocycles. The van der Waals surface area contributed by atoms with E-state index in [4.69, 9.17) is 12.2 Å². The molecule has 0 unspecified atom stereocenters. The van der Waals surface area contributed by atoms with Gasteiger partial charge in [-0.05, 0) is 73.9 Å². The van der Waals surface area contributed by atoms with Crippen LogP contribution in [0.3, 0.4) is 0 Å². The third-order valence-corrected chi connectivity index (χ3v) is 6.73. The third kappa shape index (κ3) is 3.33. The lowest BCUT2D eigenvalue weighted by molar-refractivity contribution is -0.122. The number of rotatable bonds is 3. The van der Waals surface area contributed by atoms with Crippen molar-refractivity contribution in [1.82, 2.24) is 5.32 Å². The van der Waals surface area contributed by atoms with Gasteiger partial charge in [0.1, 0.15) is 11.4 Å². The molecule has 1 N–H and O–H groups in total. The topological polar surface area (TPSA) is 76.4 Å². The molecule has 1 heterocycles. The van der Waals surface area contributed by atoms with Gasteiger partial charge in [-0.15, -0.1) is 0 Å². The van der Waals surface area contributed by atoms with Gasteiger partial charge in [0.25, 0.3) is 11.8 Å². The first-order valence-corrected chi connectivity index (χ1v) is 11.0. The van der Waals surface area contributed by atoms with Gasteiger partial charge < -0.3 is 10.2 Å². The van der Waals surface area contributed by atoms with Crippen molar-refractivity contribution in [3.63, 3.8) is 0 Å². The van der Waals surface area contributed by atoms with Crippen molar-refractivity contribution >= 4 is 40.5 Å². The van der Waals surface area contributed by atoms with Crippen molar-refractivity contribution in [1.29, 1.82) is 5.26 Å². The minimum atomic E-state index is -0.891. The van der Waals surface area contributed by atoms with Crippen molar-refractivity contribution in [2.24, 2.45) is 0 Å². The average Bonchev–Trinajstić information content (AvgIpc) is 2.99. The summed E-state index contributed by atoms with van der Waals surface area (Å²) in [6.45, 7) is 1.81. The summed E-state index contributed by atoms with van der Waals surface area (Å²) in [6.07, 6.45) is 3.97. The maximum Gasteiger partial charge on any atom is 0.259 e. The smallest absolute Gasteiger partial charge is 0.259 e. The molecule has 0 atom stereocenters. The molecule has 1 saturated heterocycles. The summed E-state index contributed by atoms with van der Waals surface area (Å²) in [5, 5.41) is 11.9. The number of benzene rings is 2. The summed E-state index contributed by atoms with van der Waals surface area (Å²) in [7, 11) is 1.44. The average molecular weight is 451 g/mol. The molecule has 6 nitrogen and oxygen atoms in total. The number of amides is 2. The van der Waals surface area contributed by atoms with Crippen molar-refractivity contribution in [2.45, 2.75) is 44.6 Å². The first-order chi connectivity index (χ1) is 15.3. The second-order valence-corrected chi connectivity index (χ2v) is 8.57. The van der Waals surface area contributed by atoms with Crippen molar-refractivity contribution in [2.75, 3.05) is 16.8 Å². The van der Waals surface area contributed by atoms with E-state index in [0.717, 1.165) is 24.8 Å². The second-order valence-electron chi connectivity index (χ2n) is 8.21. The predicted molar refractivity (Wildman–Crippen MR) is 124 cm³/mol. The zero-order valence-electron chi connectivity index (χ0n) is 17.9. The lowest BCUT2D eigenvalue weighted by atomic mass is 9.80. The molecule has 0 bridgehead atoms. The van der Waals surface area contributed by atoms with Crippen LogP contribution >= 0.6 is 12.2 Å². The minimum Gasteiger partial charge on any atom is -0.355 e. The van der Waals surface area contributed by atoms with E-state index in [1.807, 2.05) is 6.92 Å². The Hall–Kier alpha value is -3.31. The Morgan fingerprint density at radius 1 is 1.16 bits per heavy atom. The van der Waals surface area contributed by atoms with Gasteiger partial charge in [-0.3, -0.25) is 14.5 Å². The molecule has 0 aromatic heterocycles. The quantitative estimate of drug-likeness (QED) is 0.709. The Morgan fingerprint density at radius 3 is 2.44 bits per heavy atom. The molecular weight excluding hydrogens is 427 g/mol. The molecular formula is C24H23FN4O2S. The van der Waals surface area contributed by atoms with E-state index in [-0.39, 0.29) is 16.6 Å². The van der Waals surface area contributed by atoms with Gasteiger partial charge in [-0.1, -0.05) is 19.3 Å². The molecule has 4 rings (SSSR count). The maximum absolute atomic E-state index is 14.8. The molecule has 0 radical (unpaired) electrons. The highest BCUT2D eigenvalue weighted by molar-refractivity contribution is 7.81. The highest BCUT2D eigenvalue weighted by Crippen LogP contribution is 2.45. The maximum atomic E-state index is 14.8. The second kappa shape index (κ2) is 8.32. The van der Waals surface area contributed by atoms with Gasteiger partial charge in [0.05, 0.1) is 22.9 Å². The van der Waals surface area contributed by atoms with Crippen LogP contribution in [-0.2, 0) is 4.79 Å². The molecule has 2 aromatic rings. The number of halogens is 1. The number of nitrogens with one attached hydrogen (secondary N) is 1. The number of thiocarbonyl (C=S) groups is 1. The molecule has 8 heteroatoms. The zero-order chi connectivity index (χ0) is 23.0. The van der Waals surface area contributed by atoms with Gasteiger partial charge in [0, 0.05) is 12.7 Å². The van der Waals surface area contributed by atoms with Crippen molar-refractivity contribution in [3.05, 3.63) is 58.9 Å². The summed E-state index contributed by atoms with van der Waals surface area (Å²) in [5.41, 5.74) is 1.36. The molecule has 2 fully saturated rings. The van der Waals surface area contributed by atoms with E-state index >= 15 is 0 Å². The van der Waals surface area contributed by atoms with E-state index < -0.39 is 17.3 Å². The van der Waals surface area contributed by atoms with Gasteiger partial charge in [-0.2, -0.15) is 5.26 Å². The standard InChI is InChI=1S/C24H23FN4O2S/c1-15-12-17(7-6-16(15)14-26)28-22(31)24(10-4-3-5-11-24)29(23(28)32)18-8-9-19(20(25)13-18)21(30)27-2/h6-9,12-13H,3-5,10-11H2,1-2H3,(H,27,30). The van der Waals surface area contributed by atoms with Crippen LogP contribution in [0.4, 0.5) is 15.8 Å². The van der Waals surface area contributed by atoms with Crippen LogP contribution in [0.2, 0.25) is 0 Å². The number of anilines is 2. The van der Waals surface area contributed by atoms with Gasteiger partial charge in [0.15, 0.2) is 5.11 Å². The molecule has 2 aliphatic rings. The van der Waals surface area contributed by atoms with Gasteiger partial charge in [-0.25, -0.2) is 4.39 Å². The van der Waals surface area contributed by atoms with Gasteiger partial charge >= 0.3 is 0 Å². The number of aryl methyl sites for hydroxylation is 1. The van der Waals surface area contributed by atoms with Crippen LogP contribution in [0.25, 0.3) is 0 Å². The van der Waals surface area contributed by atoms with E-state index in [1.54, 1.807) is 29.2 Å². The van der Waals surface area contributed by atoms with Crippen molar-refractivity contribution in [3.8, 4) is 6.07 Å². The van der Waals surface area contributed by atoms with E-state index in [9.17, 15) is 19.2 Å². The normalized spacial score (nSPS) is 17.6. The number of nitriles is 1. The van der Waals surface area contributed by atoms with Crippen LogP contribution in [0, 0.1) is 24.1 Å². The number of carbonyl (C=O) groups is 2. The largest absolute Gasteiger partial charge is 0.355 e. The molecule has 2 amide bonds. The first kappa shape index (κ1) is 21.9. The van der Waals surface area contributed by atoms with E-state index in [1.165, 1.54) is 24.1 Å². The lowest BCUT2D eigenvalue weighted by Gasteiger charge is -2.39. The Labute approximate surface area is 191 Å². The third-order valence-electron chi connectivity index (χ3n) is 6.36. The molecule has 1 spiro atoms. The van der Waals surface area contributed by atoms with Gasteiger partial charge in [0.2, 0.25) is 0 Å². The Morgan fingerprint density at radius 2 is 1.84 bits per heavy atom. The molecule has 32 heavy (non-hydrogen) atoms. The lowest BCUT2D eigenvalue weighted by Crippen LogP contribution is -2.51. The Bertz CT molecular complexity index is 1170. The summed E-state index contributed by atoms with van der Waals surface area (Å²) in [4.78, 5) is 29.0. The summed E-state index contributed by atoms with van der Waals surface area (Å²) < 4.78 is 14.8. The van der Waals surface area contributed by atoms with E-state index in [0.29, 0.717) is 29.8 Å². The van der Waals surface area contributed by atoms with Crippen LogP contribution < -0.4 is 15.1 Å². The van der Waals surface area contributed by atoms with Crippen molar-refractivity contribution < 1.29 is 14.0 Å². The number of hydrogen-bond donors (Lipinski definition) is 1. The fourth-order valence-corrected chi connectivity index (χ4v) is 5.18. The fraction of sp³-hybridized carbons (Fsp3) is 0.333. The monoisotopic (exact) mass is 450 g/mol. The number of carbonyl (C=O) groups excluding carboxylic acids is 2. The highest BCUT2D eigenvalue weighted by Gasteiger charge is 2.56. The minimum absolute atomic E-state index is 0.0649. The molecule has 2 aromatic carbocycles. The highest BCUT2D eigenvalue weighted by atomic mass is 32.1. The predicted octanol–water partition coefficient (Wildman–Crippen LogP) is 4.21. The Kier molecular flexibility index (Phi) is 5.70. The number of nitrogens with zero attached hydrogens (tertiary/aromatic N) is 3. The molecule has 1 saturated carbocycles.